The Morgan fingerprint density at radius 1 is 1.04 bits per heavy atom. The van der Waals surface area contributed by atoms with Crippen LogP contribution in [-0.2, 0) is 16.0 Å². The Morgan fingerprint density at radius 2 is 1.65 bits per heavy atom. The van der Waals surface area contributed by atoms with Gasteiger partial charge in [-0.05, 0) is 42.0 Å². The Morgan fingerprint density at radius 3 is 2.19 bits per heavy atom. The molecule has 2 N–H and O–H groups in total. The SMILES string of the molecule is NC(=O)CCN(C(=O)Cc1ccc(OC(F)F)cc1)c1ccc(F)cc1. The van der Waals surface area contributed by atoms with Gasteiger partial charge in [-0.3, -0.25) is 9.59 Å². The van der Waals surface area contributed by atoms with Crippen molar-refractivity contribution in [3.63, 3.8) is 0 Å². The number of hydrogen-bond acceptors (Lipinski definition) is 3. The number of nitrogens with zero attached hydrogens (tertiary/aromatic N) is 1. The molecular formula is C18H17F3N2O3. The molecule has 0 heterocycles. The molecule has 26 heavy (non-hydrogen) atoms. The number of ether oxygens (including phenoxy) is 1. The number of amides is 2. The molecule has 2 amide bonds. The number of carbonyl (C=O) groups excluding carboxylic acids is 2. The topological polar surface area (TPSA) is 72.6 Å². The molecule has 2 aromatic rings. The predicted octanol–water partition coefficient (Wildman–Crippen LogP) is 2.88. The van der Waals surface area contributed by atoms with E-state index in [1.54, 1.807) is 0 Å². The van der Waals surface area contributed by atoms with Crippen molar-refractivity contribution in [2.24, 2.45) is 5.73 Å². The lowest BCUT2D eigenvalue weighted by Gasteiger charge is -2.22. The zero-order valence-corrected chi connectivity index (χ0v) is 13.7. The summed E-state index contributed by atoms with van der Waals surface area (Å²) in [6.07, 6.45) is -0.0879. The molecular weight excluding hydrogens is 349 g/mol. The average Bonchev–Trinajstić information content (AvgIpc) is 2.57. The van der Waals surface area contributed by atoms with Gasteiger partial charge in [0, 0.05) is 18.7 Å². The number of alkyl halides is 2. The van der Waals surface area contributed by atoms with Crippen molar-refractivity contribution < 1.29 is 27.5 Å². The van der Waals surface area contributed by atoms with Gasteiger partial charge >= 0.3 is 6.61 Å². The van der Waals surface area contributed by atoms with Crippen molar-refractivity contribution in [2.45, 2.75) is 19.5 Å². The van der Waals surface area contributed by atoms with Crippen LogP contribution in [0.1, 0.15) is 12.0 Å². The van der Waals surface area contributed by atoms with Gasteiger partial charge in [0.05, 0.1) is 6.42 Å². The highest BCUT2D eigenvalue weighted by Gasteiger charge is 2.17. The fraction of sp³-hybridized carbons (Fsp3) is 0.222. The maximum absolute atomic E-state index is 13.1. The van der Waals surface area contributed by atoms with Crippen LogP contribution in [0.5, 0.6) is 5.75 Å². The molecule has 0 fully saturated rings. The molecule has 2 rings (SSSR count). The molecule has 5 nitrogen and oxygen atoms in total. The van der Waals surface area contributed by atoms with Crippen molar-refractivity contribution in [3.05, 3.63) is 59.9 Å². The van der Waals surface area contributed by atoms with Crippen molar-refractivity contribution in [1.29, 1.82) is 0 Å². The predicted molar refractivity (Wildman–Crippen MR) is 89.3 cm³/mol. The van der Waals surface area contributed by atoms with E-state index in [1.807, 2.05) is 0 Å². The fourth-order valence-electron chi connectivity index (χ4n) is 2.30. The van der Waals surface area contributed by atoms with Crippen LogP contribution in [0.2, 0.25) is 0 Å². The molecule has 0 spiro atoms. The third kappa shape index (κ3) is 5.80. The minimum atomic E-state index is -2.93. The normalized spacial score (nSPS) is 10.6. The van der Waals surface area contributed by atoms with Crippen molar-refractivity contribution in [2.75, 3.05) is 11.4 Å². The van der Waals surface area contributed by atoms with Gasteiger partial charge in [0.15, 0.2) is 0 Å². The van der Waals surface area contributed by atoms with E-state index in [2.05, 4.69) is 4.74 Å². The van der Waals surface area contributed by atoms with Gasteiger partial charge < -0.3 is 15.4 Å². The van der Waals surface area contributed by atoms with E-state index in [1.165, 1.54) is 53.4 Å². The van der Waals surface area contributed by atoms with Crippen LogP contribution in [0.25, 0.3) is 0 Å². The molecule has 138 valence electrons. The molecule has 0 radical (unpaired) electrons. The summed E-state index contributed by atoms with van der Waals surface area (Å²) in [6.45, 7) is -2.88. The summed E-state index contributed by atoms with van der Waals surface area (Å²) in [5.41, 5.74) is 6.14. The van der Waals surface area contributed by atoms with Gasteiger partial charge in [-0.15, -0.1) is 0 Å². The number of rotatable bonds is 8. The number of hydrogen-bond donors (Lipinski definition) is 1. The highest BCUT2D eigenvalue weighted by molar-refractivity contribution is 5.95. The van der Waals surface area contributed by atoms with E-state index in [9.17, 15) is 22.8 Å². The number of carbonyl (C=O) groups is 2. The van der Waals surface area contributed by atoms with Gasteiger partial charge in [0.2, 0.25) is 11.8 Å². The van der Waals surface area contributed by atoms with Gasteiger partial charge in [-0.2, -0.15) is 8.78 Å². The van der Waals surface area contributed by atoms with E-state index in [0.717, 1.165) is 0 Å². The summed E-state index contributed by atoms with van der Waals surface area (Å²) in [5, 5.41) is 0. The maximum Gasteiger partial charge on any atom is 0.387 e. The van der Waals surface area contributed by atoms with Crippen LogP contribution in [-0.4, -0.2) is 25.0 Å². The summed E-state index contributed by atoms with van der Waals surface area (Å²) >= 11 is 0. The lowest BCUT2D eigenvalue weighted by Crippen LogP contribution is -2.35. The summed E-state index contributed by atoms with van der Waals surface area (Å²) in [5.74, 6) is -1.38. The van der Waals surface area contributed by atoms with Gasteiger partial charge in [-0.25, -0.2) is 4.39 Å². The molecule has 0 atom stereocenters. The first-order chi connectivity index (χ1) is 12.3. The summed E-state index contributed by atoms with van der Waals surface area (Å²) in [4.78, 5) is 25.0. The summed E-state index contributed by atoms with van der Waals surface area (Å²) in [6, 6.07) is 10.9. The fourth-order valence-corrected chi connectivity index (χ4v) is 2.30. The first-order valence-electron chi connectivity index (χ1n) is 7.73. The average molecular weight is 366 g/mol. The van der Waals surface area contributed by atoms with Gasteiger partial charge in [0.25, 0.3) is 0 Å². The largest absolute Gasteiger partial charge is 0.435 e. The van der Waals surface area contributed by atoms with Crippen LogP contribution in [0.3, 0.4) is 0 Å². The Bertz CT molecular complexity index is 749. The van der Waals surface area contributed by atoms with Gasteiger partial charge in [0.1, 0.15) is 11.6 Å². The van der Waals surface area contributed by atoms with Crippen LogP contribution >= 0.6 is 0 Å². The minimum absolute atomic E-state index is 0.0136. The molecule has 0 saturated heterocycles. The Balaban J connectivity index is 2.12. The number of benzene rings is 2. The first kappa shape index (κ1) is 19.3. The summed E-state index contributed by atoms with van der Waals surface area (Å²) < 4.78 is 41.7. The van der Waals surface area contributed by atoms with E-state index < -0.39 is 18.3 Å². The van der Waals surface area contributed by atoms with Crippen molar-refractivity contribution in [1.82, 2.24) is 0 Å². The lowest BCUT2D eigenvalue weighted by atomic mass is 10.1. The molecule has 2 aromatic carbocycles. The van der Waals surface area contributed by atoms with E-state index in [4.69, 9.17) is 5.73 Å². The second kappa shape index (κ2) is 8.89. The standard InChI is InChI=1S/C18H17F3N2O3/c19-13-3-5-14(6-4-13)23(10-9-16(22)24)17(25)11-12-1-7-15(8-2-12)26-18(20)21/h1-8,18H,9-11H2,(H2,22,24). The third-order valence-corrected chi connectivity index (χ3v) is 3.53. The highest BCUT2D eigenvalue weighted by atomic mass is 19.3. The molecule has 0 unspecified atom stereocenters. The summed E-state index contributed by atoms with van der Waals surface area (Å²) in [7, 11) is 0. The minimum Gasteiger partial charge on any atom is -0.435 e. The second-order valence-electron chi connectivity index (χ2n) is 5.44. The molecule has 0 aliphatic heterocycles. The molecule has 8 heteroatoms. The van der Waals surface area contributed by atoms with Crippen LogP contribution < -0.4 is 15.4 Å². The number of anilines is 1. The Kier molecular flexibility index (Phi) is 6.60. The van der Waals surface area contributed by atoms with E-state index in [0.29, 0.717) is 11.3 Å². The van der Waals surface area contributed by atoms with E-state index in [-0.39, 0.29) is 31.0 Å². The first-order valence-corrected chi connectivity index (χ1v) is 7.73. The van der Waals surface area contributed by atoms with Crippen molar-refractivity contribution >= 4 is 17.5 Å². The number of primary amides is 1. The maximum atomic E-state index is 13.1. The van der Waals surface area contributed by atoms with Gasteiger partial charge in [-0.1, -0.05) is 12.1 Å². The quantitative estimate of drug-likeness (QED) is 0.781. The Labute approximate surface area is 148 Å². The lowest BCUT2D eigenvalue weighted by molar-refractivity contribution is -0.118. The second-order valence-corrected chi connectivity index (χ2v) is 5.44. The zero-order valence-electron chi connectivity index (χ0n) is 13.7. The molecule has 0 saturated carbocycles. The third-order valence-electron chi connectivity index (χ3n) is 3.53. The van der Waals surface area contributed by atoms with Crippen LogP contribution in [0, 0.1) is 5.82 Å². The van der Waals surface area contributed by atoms with Crippen LogP contribution in [0.4, 0.5) is 18.9 Å². The van der Waals surface area contributed by atoms with E-state index >= 15 is 0 Å². The molecule has 0 aromatic heterocycles. The zero-order chi connectivity index (χ0) is 19.1. The number of nitrogens with two attached hydrogens (primary N) is 1. The molecule has 0 bridgehead atoms. The van der Waals surface area contributed by atoms with Crippen molar-refractivity contribution in [3.8, 4) is 5.75 Å². The molecule has 0 aliphatic carbocycles. The molecule has 0 aliphatic rings. The Hall–Kier alpha value is -3.03. The smallest absolute Gasteiger partial charge is 0.387 e. The monoisotopic (exact) mass is 366 g/mol. The highest BCUT2D eigenvalue weighted by Crippen LogP contribution is 2.19. The number of halogens is 3. The van der Waals surface area contributed by atoms with Crippen LogP contribution in [0.15, 0.2) is 48.5 Å².